The maximum Gasteiger partial charge on any atom is 0.268 e. The molecule has 162 valence electrons. The molecule has 0 fully saturated rings. The molecule has 3 heterocycles. The molecule has 0 saturated heterocycles. The van der Waals surface area contributed by atoms with Gasteiger partial charge in [-0.15, -0.1) is 0 Å². The molecule has 9 nitrogen and oxygen atoms in total. The van der Waals surface area contributed by atoms with Gasteiger partial charge < -0.3 is 25.1 Å². The average Bonchev–Trinajstić information content (AvgIpc) is 3.34. The second-order valence-corrected chi connectivity index (χ2v) is 9.20. The Bertz CT molecular complexity index is 1150. The predicted molar refractivity (Wildman–Crippen MR) is 126 cm³/mol. The van der Waals surface area contributed by atoms with E-state index in [9.17, 15) is 4.79 Å². The number of carbonyl (C=O) groups is 1. The molecule has 1 aromatic carbocycles. The van der Waals surface area contributed by atoms with Crippen molar-refractivity contribution in [3.8, 4) is 0 Å². The normalized spacial score (nSPS) is 15.6. The fraction of sp³-hybridized carbons (Fsp3) is 0.300. The third-order valence-electron chi connectivity index (χ3n) is 4.55. The third kappa shape index (κ3) is 4.71. The van der Waals surface area contributed by atoms with Crippen LogP contribution >= 0.6 is 34.4 Å². The van der Waals surface area contributed by atoms with Crippen molar-refractivity contribution in [1.29, 1.82) is 0 Å². The van der Waals surface area contributed by atoms with E-state index in [1.54, 1.807) is 6.26 Å². The Balaban J connectivity index is 1.54. The largest absolute Gasteiger partial charge is 0.454 e. The van der Waals surface area contributed by atoms with Crippen LogP contribution in [0.2, 0.25) is 0 Å². The third-order valence-corrected chi connectivity index (χ3v) is 6.42. The van der Waals surface area contributed by atoms with Gasteiger partial charge in [-0.2, -0.15) is 0 Å². The quantitative estimate of drug-likeness (QED) is 0.429. The number of benzene rings is 1. The van der Waals surface area contributed by atoms with E-state index in [1.165, 1.54) is 18.1 Å². The van der Waals surface area contributed by atoms with Gasteiger partial charge in [-0.3, -0.25) is 4.79 Å². The number of rotatable bonds is 7. The topological polar surface area (TPSA) is 117 Å². The monoisotopic (exact) mass is 552 g/mol. The molecule has 0 radical (unpaired) electrons. The second kappa shape index (κ2) is 9.30. The number of carbonyl (C=O) groups excluding carboxylic acids is 1. The van der Waals surface area contributed by atoms with Gasteiger partial charge in [0.1, 0.15) is 12.6 Å². The van der Waals surface area contributed by atoms with Crippen LogP contribution in [0.5, 0.6) is 0 Å². The highest BCUT2D eigenvalue weighted by molar-refractivity contribution is 14.1. The van der Waals surface area contributed by atoms with Gasteiger partial charge in [0.2, 0.25) is 11.0 Å². The summed E-state index contributed by atoms with van der Waals surface area (Å²) in [5.74, 6) is 0.202. The van der Waals surface area contributed by atoms with Crippen molar-refractivity contribution in [3.05, 3.63) is 51.1 Å². The number of hydrogen-bond acceptors (Lipinski definition) is 8. The minimum absolute atomic E-state index is 0.0108. The highest BCUT2D eigenvalue weighted by atomic mass is 127. The minimum atomic E-state index is -0.511. The van der Waals surface area contributed by atoms with Gasteiger partial charge in [0.05, 0.1) is 0 Å². The SMILES string of the molecule is CC(C)C(=O)NCCn1c(SC2=COC(c3ccccc3I)O2)nc2c(N)ncnc21. The Hall–Kier alpha value is -2.54. The Morgan fingerprint density at radius 3 is 2.94 bits per heavy atom. The lowest BCUT2D eigenvalue weighted by molar-refractivity contribution is -0.124. The van der Waals surface area contributed by atoms with Crippen LogP contribution in [0.4, 0.5) is 5.82 Å². The van der Waals surface area contributed by atoms with Crippen LogP contribution in [-0.2, 0) is 20.8 Å². The molecule has 3 N–H and O–H groups in total. The molecular formula is C20H21IN6O3S. The van der Waals surface area contributed by atoms with E-state index in [0.29, 0.717) is 40.3 Å². The van der Waals surface area contributed by atoms with Crippen molar-refractivity contribution in [2.45, 2.75) is 31.8 Å². The summed E-state index contributed by atoms with van der Waals surface area (Å²) >= 11 is 3.56. The first kappa shape index (κ1) is 21.7. The number of fused-ring (bicyclic) bond motifs is 1. The maximum atomic E-state index is 11.9. The number of ether oxygens (including phenoxy) is 2. The van der Waals surface area contributed by atoms with E-state index in [0.717, 1.165) is 9.13 Å². The van der Waals surface area contributed by atoms with Gasteiger partial charge in [0, 0.05) is 28.1 Å². The molecule has 1 unspecified atom stereocenters. The fourth-order valence-electron chi connectivity index (χ4n) is 2.93. The summed E-state index contributed by atoms with van der Waals surface area (Å²) in [5.41, 5.74) is 8.06. The van der Waals surface area contributed by atoms with E-state index in [2.05, 4.69) is 42.9 Å². The van der Waals surface area contributed by atoms with E-state index < -0.39 is 6.29 Å². The molecule has 0 bridgehead atoms. The van der Waals surface area contributed by atoms with Gasteiger partial charge in [-0.1, -0.05) is 32.0 Å². The molecule has 1 amide bonds. The molecule has 0 saturated carbocycles. The van der Waals surface area contributed by atoms with Crippen molar-refractivity contribution in [3.63, 3.8) is 0 Å². The van der Waals surface area contributed by atoms with E-state index in [1.807, 2.05) is 42.7 Å². The molecular weight excluding hydrogens is 531 g/mol. The van der Waals surface area contributed by atoms with Crippen LogP contribution in [-0.4, -0.2) is 32.0 Å². The van der Waals surface area contributed by atoms with Crippen molar-refractivity contribution in [2.24, 2.45) is 5.92 Å². The Labute approximate surface area is 197 Å². The molecule has 1 atom stereocenters. The zero-order valence-electron chi connectivity index (χ0n) is 16.9. The Morgan fingerprint density at radius 1 is 1.35 bits per heavy atom. The van der Waals surface area contributed by atoms with Crippen LogP contribution in [0, 0.1) is 9.49 Å². The Kier molecular flexibility index (Phi) is 6.51. The lowest BCUT2D eigenvalue weighted by atomic mass is 10.2. The van der Waals surface area contributed by atoms with Crippen LogP contribution in [0.25, 0.3) is 11.2 Å². The summed E-state index contributed by atoms with van der Waals surface area (Å²) in [4.78, 5) is 24.9. The number of thioether (sulfide) groups is 1. The van der Waals surface area contributed by atoms with Crippen LogP contribution in [0.15, 0.2) is 47.1 Å². The van der Waals surface area contributed by atoms with Crippen LogP contribution in [0.3, 0.4) is 0 Å². The second-order valence-electron chi connectivity index (χ2n) is 7.07. The van der Waals surface area contributed by atoms with Crippen molar-refractivity contribution < 1.29 is 14.3 Å². The number of amides is 1. The standard InChI is InChI=1S/C20H21IN6O3S/c1-11(2)18(28)23-7-8-27-17-15(16(22)24-10-25-17)26-20(27)31-14-9-29-19(30-14)12-5-3-4-6-13(12)21/h3-6,9-11,19H,7-8H2,1-2H3,(H,23,28)(H2,22,24,25). The van der Waals surface area contributed by atoms with Crippen LogP contribution in [0.1, 0.15) is 25.7 Å². The zero-order chi connectivity index (χ0) is 22.0. The lowest BCUT2D eigenvalue weighted by Crippen LogP contribution is -2.30. The fourth-order valence-corrected chi connectivity index (χ4v) is 4.41. The summed E-state index contributed by atoms with van der Waals surface area (Å²) in [6.07, 6.45) is 2.47. The molecule has 31 heavy (non-hydrogen) atoms. The summed E-state index contributed by atoms with van der Waals surface area (Å²) in [6, 6.07) is 7.88. The van der Waals surface area contributed by atoms with E-state index in [-0.39, 0.29) is 11.8 Å². The number of imidazole rings is 1. The summed E-state index contributed by atoms with van der Waals surface area (Å²) < 4.78 is 14.7. The maximum absolute atomic E-state index is 11.9. The van der Waals surface area contributed by atoms with Gasteiger partial charge in [-0.25, -0.2) is 15.0 Å². The lowest BCUT2D eigenvalue weighted by Gasteiger charge is -2.14. The van der Waals surface area contributed by atoms with Gasteiger partial charge in [0.25, 0.3) is 6.29 Å². The molecule has 0 aliphatic carbocycles. The molecule has 0 spiro atoms. The summed E-state index contributed by atoms with van der Waals surface area (Å²) in [6.45, 7) is 4.61. The predicted octanol–water partition coefficient (Wildman–Crippen LogP) is 3.42. The number of aromatic nitrogens is 4. The Morgan fingerprint density at radius 2 is 2.16 bits per heavy atom. The summed E-state index contributed by atoms with van der Waals surface area (Å²) in [5, 5.41) is 4.11. The van der Waals surface area contributed by atoms with Crippen molar-refractivity contribution in [2.75, 3.05) is 12.3 Å². The molecule has 3 aromatic rings. The summed E-state index contributed by atoms with van der Waals surface area (Å²) in [7, 11) is 0. The van der Waals surface area contributed by atoms with Gasteiger partial charge in [0.15, 0.2) is 22.1 Å². The van der Waals surface area contributed by atoms with Crippen molar-refractivity contribution >= 4 is 57.2 Å². The first-order chi connectivity index (χ1) is 14.9. The van der Waals surface area contributed by atoms with E-state index >= 15 is 0 Å². The first-order valence-electron chi connectivity index (χ1n) is 9.63. The van der Waals surface area contributed by atoms with Crippen molar-refractivity contribution in [1.82, 2.24) is 24.8 Å². The van der Waals surface area contributed by atoms with Gasteiger partial charge in [-0.05, 0) is 40.4 Å². The molecule has 2 aromatic heterocycles. The number of nitrogens with two attached hydrogens (primary N) is 1. The number of nitrogen functional groups attached to an aromatic ring is 1. The molecule has 4 rings (SSSR count). The molecule has 1 aliphatic rings. The highest BCUT2D eigenvalue weighted by Gasteiger charge is 2.26. The number of hydrogen-bond donors (Lipinski definition) is 2. The molecule has 1 aliphatic heterocycles. The zero-order valence-corrected chi connectivity index (χ0v) is 19.9. The molecule has 11 heteroatoms. The average molecular weight is 552 g/mol. The number of anilines is 1. The highest BCUT2D eigenvalue weighted by Crippen LogP contribution is 2.39. The number of nitrogens with one attached hydrogen (secondary N) is 1. The first-order valence-corrected chi connectivity index (χ1v) is 11.5. The van der Waals surface area contributed by atoms with Gasteiger partial charge >= 0.3 is 0 Å². The van der Waals surface area contributed by atoms with Crippen LogP contribution < -0.4 is 11.1 Å². The number of nitrogens with zero attached hydrogens (tertiary/aromatic N) is 4. The minimum Gasteiger partial charge on any atom is -0.454 e. The smallest absolute Gasteiger partial charge is 0.268 e. The number of halogens is 1. The van der Waals surface area contributed by atoms with E-state index in [4.69, 9.17) is 15.2 Å².